The SMILES string of the molecule is C#Cc1ccc(OCc2nc(COC3CCCCO3)c(OC3CCCCO3)c(=O)[nH]2)cc1. The predicted molar refractivity (Wildman–Crippen MR) is 116 cm³/mol. The topological polar surface area (TPSA) is 91.9 Å². The Morgan fingerprint density at radius 2 is 1.75 bits per heavy atom. The van der Waals surface area contributed by atoms with E-state index >= 15 is 0 Å². The van der Waals surface area contributed by atoms with Crippen molar-refractivity contribution < 1.29 is 23.7 Å². The Balaban J connectivity index is 1.49. The van der Waals surface area contributed by atoms with E-state index in [9.17, 15) is 4.79 Å². The van der Waals surface area contributed by atoms with E-state index in [0.717, 1.165) is 44.1 Å². The first-order valence-electron chi connectivity index (χ1n) is 11.0. The van der Waals surface area contributed by atoms with E-state index in [4.69, 9.17) is 30.1 Å². The van der Waals surface area contributed by atoms with Crippen LogP contribution in [0.25, 0.3) is 0 Å². The van der Waals surface area contributed by atoms with Gasteiger partial charge in [-0.2, -0.15) is 0 Å². The van der Waals surface area contributed by atoms with Crippen LogP contribution in [0.5, 0.6) is 11.5 Å². The number of rotatable bonds is 8. The highest BCUT2D eigenvalue weighted by molar-refractivity contribution is 5.36. The Hall–Kier alpha value is -2.86. The quantitative estimate of drug-likeness (QED) is 0.630. The van der Waals surface area contributed by atoms with E-state index in [0.29, 0.717) is 30.5 Å². The van der Waals surface area contributed by atoms with E-state index in [1.165, 1.54) is 0 Å². The van der Waals surface area contributed by atoms with E-state index in [1.54, 1.807) is 24.3 Å². The third kappa shape index (κ3) is 6.10. The minimum atomic E-state index is -0.465. The van der Waals surface area contributed by atoms with Gasteiger partial charge < -0.3 is 28.7 Å². The molecule has 8 heteroatoms. The average molecular weight is 440 g/mol. The van der Waals surface area contributed by atoms with Crippen molar-refractivity contribution in [2.45, 2.75) is 64.3 Å². The largest absolute Gasteiger partial charge is 0.486 e. The van der Waals surface area contributed by atoms with Crippen molar-refractivity contribution in [2.75, 3.05) is 13.2 Å². The van der Waals surface area contributed by atoms with Crippen LogP contribution in [0, 0.1) is 12.3 Å². The number of nitrogens with one attached hydrogen (secondary N) is 1. The molecule has 1 aromatic carbocycles. The van der Waals surface area contributed by atoms with Crippen LogP contribution in [0.4, 0.5) is 0 Å². The number of ether oxygens (including phenoxy) is 5. The van der Waals surface area contributed by atoms with Crippen molar-refractivity contribution in [3.8, 4) is 23.8 Å². The smallest absolute Gasteiger partial charge is 0.293 e. The van der Waals surface area contributed by atoms with Crippen LogP contribution in [-0.2, 0) is 27.4 Å². The zero-order chi connectivity index (χ0) is 22.2. The molecule has 2 aliphatic rings. The summed E-state index contributed by atoms with van der Waals surface area (Å²) in [6.07, 6.45) is 10.2. The first kappa shape index (κ1) is 22.3. The third-order valence-corrected chi connectivity index (χ3v) is 5.32. The van der Waals surface area contributed by atoms with Gasteiger partial charge >= 0.3 is 0 Å². The molecule has 4 rings (SSSR count). The van der Waals surface area contributed by atoms with Crippen LogP contribution in [0.1, 0.15) is 55.6 Å². The van der Waals surface area contributed by atoms with Gasteiger partial charge in [0.25, 0.3) is 5.56 Å². The zero-order valence-electron chi connectivity index (χ0n) is 18.0. The summed E-state index contributed by atoms with van der Waals surface area (Å²) in [6.45, 7) is 1.46. The Bertz CT molecular complexity index is 969. The molecule has 1 aromatic heterocycles. The monoisotopic (exact) mass is 440 g/mol. The van der Waals surface area contributed by atoms with Crippen molar-refractivity contribution in [2.24, 2.45) is 0 Å². The van der Waals surface area contributed by atoms with Crippen LogP contribution in [-0.4, -0.2) is 35.8 Å². The van der Waals surface area contributed by atoms with Crippen molar-refractivity contribution in [3.05, 3.63) is 51.7 Å². The molecule has 0 amide bonds. The van der Waals surface area contributed by atoms with Crippen LogP contribution < -0.4 is 15.0 Å². The van der Waals surface area contributed by atoms with Crippen LogP contribution >= 0.6 is 0 Å². The van der Waals surface area contributed by atoms with Crippen LogP contribution in [0.15, 0.2) is 29.1 Å². The number of hydrogen-bond acceptors (Lipinski definition) is 7. The predicted octanol–water partition coefficient (Wildman–Crippen LogP) is 3.28. The second-order valence-electron chi connectivity index (χ2n) is 7.77. The first-order chi connectivity index (χ1) is 15.7. The molecule has 170 valence electrons. The van der Waals surface area contributed by atoms with Crippen molar-refractivity contribution in [1.82, 2.24) is 9.97 Å². The molecule has 0 bridgehead atoms. The maximum Gasteiger partial charge on any atom is 0.293 e. The molecular weight excluding hydrogens is 412 g/mol. The molecule has 8 nitrogen and oxygen atoms in total. The first-order valence-corrected chi connectivity index (χ1v) is 11.0. The number of hydrogen-bond donors (Lipinski definition) is 1. The van der Waals surface area contributed by atoms with Gasteiger partial charge in [0.05, 0.1) is 13.2 Å². The average Bonchev–Trinajstić information content (AvgIpc) is 2.85. The lowest BCUT2D eigenvalue weighted by Crippen LogP contribution is -2.30. The second kappa shape index (κ2) is 11.1. The standard InChI is InChI=1S/C24H28N2O6/c1-2-17-9-11-18(12-10-17)30-16-20-25-19(15-31-21-7-3-5-13-28-21)23(24(27)26-20)32-22-8-4-6-14-29-22/h1,9-12,21-22H,3-8,13-16H2,(H,25,26,27). The van der Waals surface area contributed by atoms with Gasteiger partial charge in [0.1, 0.15) is 23.9 Å². The third-order valence-electron chi connectivity index (χ3n) is 5.32. The maximum atomic E-state index is 12.8. The second-order valence-corrected chi connectivity index (χ2v) is 7.77. The maximum absolute atomic E-state index is 12.8. The molecule has 0 spiro atoms. The molecule has 32 heavy (non-hydrogen) atoms. The van der Waals surface area contributed by atoms with E-state index in [1.807, 2.05) is 0 Å². The Kier molecular flexibility index (Phi) is 7.77. The van der Waals surface area contributed by atoms with Gasteiger partial charge in [0.2, 0.25) is 5.75 Å². The van der Waals surface area contributed by atoms with Crippen molar-refractivity contribution in [3.63, 3.8) is 0 Å². The summed E-state index contributed by atoms with van der Waals surface area (Å²) in [5.41, 5.74) is 0.775. The molecule has 0 aliphatic carbocycles. The molecule has 2 aliphatic heterocycles. The summed E-state index contributed by atoms with van der Waals surface area (Å²) in [6, 6.07) is 7.12. The highest BCUT2D eigenvalue weighted by Crippen LogP contribution is 2.22. The summed E-state index contributed by atoms with van der Waals surface area (Å²) < 4.78 is 28.8. The number of aromatic amines is 1. The minimum Gasteiger partial charge on any atom is -0.486 e. The highest BCUT2D eigenvalue weighted by atomic mass is 16.7. The van der Waals surface area contributed by atoms with Crippen molar-refractivity contribution in [1.29, 1.82) is 0 Å². The zero-order valence-corrected chi connectivity index (χ0v) is 18.0. The molecule has 2 atom stereocenters. The number of H-pyrrole nitrogens is 1. The van der Waals surface area contributed by atoms with Crippen LogP contribution in [0.2, 0.25) is 0 Å². The Labute approximate surface area is 187 Å². The van der Waals surface area contributed by atoms with Gasteiger partial charge in [-0.25, -0.2) is 4.98 Å². The highest BCUT2D eigenvalue weighted by Gasteiger charge is 2.23. The summed E-state index contributed by atoms with van der Waals surface area (Å²) >= 11 is 0. The number of nitrogens with zero attached hydrogens (tertiary/aromatic N) is 1. The molecular formula is C24H28N2O6. The van der Waals surface area contributed by atoms with E-state index in [-0.39, 0.29) is 25.3 Å². The molecule has 2 aromatic rings. The Morgan fingerprint density at radius 3 is 2.41 bits per heavy atom. The molecule has 2 fully saturated rings. The minimum absolute atomic E-state index is 0.0811. The number of benzene rings is 1. The van der Waals surface area contributed by atoms with E-state index in [2.05, 4.69) is 15.9 Å². The summed E-state index contributed by atoms with van der Waals surface area (Å²) in [7, 11) is 0. The molecule has 3 heterocycles. The molecule has 2 saturated heterocycles. The van der Waals surface area contributed by atoms with Gasteiger partial charge in [-0.05, 0) is 56.4 Å². The van der Waals surface area contributed by atoms with Gasteiger partial charge in [0, 0.05) is 18.6 Å². The molecule has 2 unspecified atom stereocenters. The summed E-state index contributed by atoms with van der Waals surface area (Å²) in [5.74, 6) is 3.67. The fourth-order valence-electron chi connectivity index (χ4n) is 3.60. The lowest BCUT2D eigenvalue weighted by atomic mass is 10.2. The molecule has 0 radical (unpaired) electrons. The fraction of sp³-hybridized carbons (Fsp3) is 0.500. The van der Waals surface area contributed by atoms with E-state index < -0.39 is 11.8 Å². The lowest BCUT2D eigenvalue weighted by molar-refractivity contribution is -0.170. The number of terminal acetylenes is 1. The summed E-state index contributed by atoms with van der Waals surface area (Å²) in [4.78, 5) is 20.1. The van der Waals surface area contributed by atoms with Gasteiger partial charge in [0.15, 0.2) is 12.6 Å². The fourth-order valence-corrected chi connectivity index (χ4v) is 3.60. The van der Waals surface area contributed by atoms with Gasteiger partial charge in [-0.3, -0.25) is 4.79 Å². The van der Waals surface area contributed by atoms with Gasteiger partial charge in [-0.15, -0.1) is 6.42 Å². The Morgan fingerprint density at radius 1 is 1.03 bits per heavy atom. The number of aromatic nitrogens is 2. The molecule has 1 N–H and O–H groups in total. The van der Waals surface area contributed by atoms with Crippen LogP contribution in [0.3, 0.4) is 0 Å². The van der Waals surface area contributed by atoms with Crippen molar-refractivity contribution >= 4 is 0 Å². The summed E-state index contributed by atoms with van der Waals surface area (Å²) in [5, 5.41) is 0. The lowest BCUT2D eigenvalue weighted by Gasteiger charge is -2.25. The normalized spacial score (nSPS) is 21.0. The molecule has 0 saturated carbocycles. The van der Waals surface area contributed by atoms with Gasteiger partial charge in [-0.1, -0.05) is 5.92 Å².